The first-order valence-electron chi connectivity index (χ1n) is 8.83. The first-order chi connectivity index (χ1) is 11.2. The first-order valence-corrected chi connectivity index (χ1v) is 8.83. The van der Waals surface area contributed by atoms with E-state index in [1.807, 2.05) is 0 Å². The molecular weight excluding hydrogens is 282 g/mol. The van der Waals surface area contributed by atoms with E-state index in [-0.39, 0.29) is 12.2 Å². The van der Waals surface area contributed by atoms with E-state index in [2.05, 4.69) is 81.4 Å². The molecule has 2 heteroatoms. The van der Waals surface area contributed by atoms with Crippen LogP contribution >= 0.6 is 0 Å². The van der Waals surface area contributed by atoms with Gasteiger partial charge in [0.15, 0.2) is 0 Å². The molecule has 1 N–H and O–H groups in total. The van der Waals surface area contributed by atoms with Gasteiger partial charge in [-0.3, -0.25) is 0 Å². The predicted octanol–water partition coefficient (Wildman–Crippen LogP) is 3.50. The maximum Gasteiger partial charge on any atom is 0.108 e. The summed E-state index contributed by atoms with van der Waals surface area (Å²) in [4.78, 5) is 1.64. The zero-order valence-electron chi connectivity index (χ0n) is 14.7. The van der Waals surface area contributed by atoms with Crippen molar-refractivity contribution in [1.29, 1.82) is 0 Å². The third-order valence-corrected chi connectivity index (χ3v) is 4.48. The highest BCUT2D eigenvalue weighted by atomic mass is 16.5. The molecule has 23 heavy (non-hydrogen) atoms. The molecule has 2 nitrogen and oxygen atoms in total. The maximum atomic E-state index is 6.45. The van der Waals surface area contributed by atoms with Gasteiger partial charge in [0.05, 0.1) is 25.7 Å². The molecule has 0 saturated heterocycles. The SMILES string of the molecule is CC[NH+](CC)CC[C@H](C)OC(c1ccccc1)c1ccccc1. The number of benzene rings is 2. The second kappa shape index (κ2) is 9.49. The fourth-order valence-electron chi connectivity index (χ4n) is 2.92. The molecule has 0 aromatic heterocycles. The van der Waals surface area contributed by atoms with Gasteiger partial charge in [0, 0.05) is 6.42 Å². The van der Waals surface area contributed by atoms with Crippen LogP contribution in [0.5, 0.6) is 0 Å². The summed E-state index contributed by atoms with van der Waals surface area (Å²) in [6.07, 6.45) is 1.35. The zero-order chi connectivity index (χ0) is 16.5. The van der Waals surface area contributed by atoms with Crippen LogP contribution in [-0.2, 0) is 4.74 Å². The zero-order valence-corrected chi connectivity index (χ0v) is 14.7. The Labute approximate surface area is 141 Å². The molecule has 0 saturated carbocycles. The lowest BCUT2D eigenvalue weighted by atomic mass is 10.0. The van der Waals surface area contributed by atoms with Crippen molar-refractivity contribution in [1.82, 2.24) is 0 Å². The summed E-state index contributed by atoms with van der Waals surface area (Å²) < 4.78 is 6.45. The lowest BCUT2D eigenvalue weighted by Crippen LogP contribution is -3.11. The van der Waals surface area contributed by atoms with Crippen molar-refractivity contribution in [3.63, 3.8) is 0 Å². The van der Waals surface area contributed by atoms with E-state index < -0.39 is 0 Å². The summed E-state index contributed by atoms with van der Waals surface area (Å²) in [5, 5.41) is 0. The van der Waals surface area contributed by atoms with E-state index in [1.165, 1.54) is 30.8 Å². The van der Waals surface area contributed by atoms with Crippen LogP contribution in [0.4, 0.5) is 0 Å². The molecule has 124 valence electrons. The van der Waals surface area contributed by atoms with Crippen LogP contribution in [0.15, 0.2) is 60.7 Å². The normalized spacial score (nSPS) is 12.7. The van der Waals surface area contributed by atoms with Gasteiger partial charge in [0.2, 0.25) is 0 Å². The van der Waals surface area contributed by atoms with E-state index in [9.17, 15) is 0 Å². The third-order valence-electron chi connectivity index (χ3n) is 4.48. The quantitative estimate of drug-likeness (QED) is 0.748. The van der Waals surface area contributed by atoms with Crippen LogP contribution < -0.4 is 4.90 Å². The Kier molecular flexibility index (Phi) is 7.31. The van der Waals surface area contributed by atoms with Crippen molar-refractivity contribution in [3.8, 4) is 0 Å². The van der Waals surface area contributed by atoms with Gasteiger partial charge >= 0.3 is 0 Å². The monoisotopic (exact) mass is 312 g/mol. The minimum absolute atomic E-state index is 0.0131. The van der Waals surface area contributed by atoms with Crippen LogP contribution in [0.2, 0.25) is 0 Å². The van der Waals surface area contributed by atoms with Crippen LogP contribution in [0.1, 0.15) is 44.4 Å². The van der Waals surface area contributed by atoms with E-state index in [1.54, 1.807) is 4.90 Å². The number of hydrogen-bond donors (Lipinski definition) is 1. The second-order valence-electron chi connectivity index (χ2n) is 6.14. The van der Waals surface area contributed by atoms with Crippen LogP contribution in [-0.4, -0.2) is 25.7 Å². The summed E-state index contributed by atoms with van der Waals surface area (Å²) in [6, 6.07) is 21.1. The average molecular weight is 312 g/mol. The van der Waals surface area contributed by atoms with Gasteiger partial charge in [0.25, 0.3) is 0 Å². The van der Waals surface area contributed by atoms with Crippen molar-refractivity contribution in [2.24, 2.45) is 0 Å². The van der Waals surface area contributed by atoms with Crippen LogP contribution in [0, 0.1) is 0 Å². The van der Waals surface area contributed by atoms with Gasteiger partial charge in [-0.2, -0.15) is 0 Å². The molecule has 0 spiro atoms. The highest BCUT2D eigenvalue weighted by Gasteiger charge is 2.18. The second-order valence-corrected chi connectivity index (χ2v) is 6.14. The van der Waals surface area contributed by atoms with Crippen molar-refractivity contribution in [3.05, 3.63) is 71.8 Å². The number of quaternary nitrogens is 1. The van der Waals surface area contributed by atoms with Gasteiger partial charge in [-0.15, -0.1) is 0 Å². The molecule has 0 fully saturated rings. The fourth-order valence-corrected chi connectivity index (χ4v) is 2.92. The van der Waals surface area contributed by atoms with Gasteiger partial charge in [0.1, 0.15) is 6.10 Å². The fraction of sp³-hybridized carbons (Fsp3) is 0.429. The molecule has 0 aliphatic rings. The van der Waals surface area contributed by atoms with E-state index in [0.717, 1.165) is 6.42 Å². The molecule has 0 aliphatic carbocycles. The van der Waals surface area contributed by atoms with E-state index in [0.29, 0.717) is 0 Å². The standard InChI is InChI=1S/C21H29NO/c1-4-22(5-2)17-16-18(3)23-21(19-12-8-6-9-13-19)20-14-10-7-11-15-20/h6-15,18,21H,4-5,16-17H2,1-3H3/p+1/t18-/m0/s1. The Morgan fingerprint density at radius 3 is 1.74 bits per heavy atom. The molecule has 1 atom stereocenters. The number of ether oxygens (including phenoxy) is 1. The Hall–Kier alpha value is -1.64. The minimum Gasteiger partial charge on any atom is -0.366 e. The first kappa shape index (κ1) is 17.7. The molecule has 2 aromatic rings. The molecule has 0 aliphatic heterocycles. The van der Waals surface area contributed by atoms with Crippen molar-refractivity contribution in [2.45, 2.75) is 39.4 Å². The van der Waals surface area contributed by atoms with Gasteiger partial charge in [-0.25, -0.2) is 0 Å². The molecule has 0 amide bonds. The third kappa shape index (κ3) is 5.49. The summed E-state index contributed by atoms with van der Waals surface area (Å²) in [5.74, 6) is 0. The molecular formula is C21H30NO+. The lowest BCUT2D eigenvalue weighted by Gasteiger charge is -2.24. The summed E-state index contributed by atoms with van der Waals surface area (Å²) in [6.45, 7) is 10.2. The highest BCUT2D eigenvalue weighted by molar-refractivity contribution is 5.29. The topological polar surface area (TPSA) is 13.7 Å². The largest absolute Gasteiger partial charge is 0.366 e. The summed E-state index contributed by atoms with van der Waals surface area (Å²) >= 11 is 0. The Balaban J connectivity index is 2.06. The molecule has 0 radical (unpaired) electrons. The van der Waals surface area contributed by atoms with Crippen molar-refractivity contribution < 1.29 is 9.64 Å². The van der Waals surface area contributed by atoms with Crippen LogP contribution in [0.25, 0.3) is 0 Å². The highest BCUT2D eigenvalue weighted by Crippen LogP contribution is 2.27. The van der Waals surface area contributed by atoms with Gasteiger partial charge in [-0.05, 0) is 31.9 Å². The Morgan fingerprint density at radius 2 is 1.30 bits per heavy atom. The lowest BCUT2D eigenvalue weighted by molar-refractivity contribution is -0.896. The van der Waals surface area contributed by atoms with Crippen molar-refractivity contribution >= 4 is 0 Å². The van der Waals surface area contributed by atoms with Crippen molar-refractivity contribution in [2.75, 3.05) is 19.6 Å². The van der Waals surface area contributed by atoms with Gasteiger partial charge in [-0.1, -0.05) is 60.7 Å². The molecule has 2 aromatic carbocycles. The summed E-state index contributed by atoms with van der Waals surface area (Å²) in [5.41, 5.74) is 2.45. The average Bonchev–Trinajstić information content (AvgIpc) is 2.62. The smallest absolute Gasteiger partial charge is 0.108 e. The van der Waals surface area contributed by atoms with E-state index >= 15 is 0 Å². The Morgan fingerprint density at radius 1 is 0.826 bits per heavy atom. The van der Waals surface area contributed by atoms with Gasteiger partial charge < -0.3 is 9.64 Å². The predicted molar refractivity (Wildman–Crippen MR) is 96.8 cm³/mol. The molecule has 0 heterocycles. The van der Waals surface area contributed by atoms with Crippen LogP contribution in [0.3, 0.4) is 0 Å². The maximum absolute atomic E-state index is 6.45. The molecule has 0 bridgehead atoms. The molecule has 2 rings (SSSR count). The molecule has 0 unspecified atom stereocenters. The summed E-state index contributed by atoms with van der Waals surface area (Å²) in [7, 11) is 0. The van der Waals surface area contributed by atoms with E-state index in [4.69, 9.17) is 4.74 Å². The Bertz CT molecular complexity index is 497. The number of hydrogen-bond acceptors (Lipinski definition) is 1. The number of rotatable bonds is 9. The minimum atomic E-state index is 0.0131. The number of nitrogens with one attached hydrogen (secondary N) is 1.